The van der Waals surface area contributed by atoms with Crippen molar-refractivity contribution in [3.05, 3.63) is 59.5 Å². The fourth-order valence-corrected chi connectivity index (χ4v) is 2.74. The van der Waals surface area contributed by atoms with Crippen molar-refractivity contribution in [1.82, 2.24) is 4.98 Å². The topological polar surface area (TPSA) is 60.6 Å². The largest absolute Gasteiger partial charge is 0.493 e. The summed E-state index contributed by atoms with van der Waals surface area (Å²) in [6, 6.07) is 7.64. The maximum Gasteiger partial charge on any atom is 0.203 e. The Morgan fingerprint density at radius 3 is 2.35 bits per heavy atom. The molecule has 0 saturated heterocycles. The molecule has 0 aliphatic rings. The summed E-state index contributed by atoms with van der Waals surface area (Å²) in [5, 5.41) is 0.707. The molecular weight excluding hydrogens is 337 g/mol. The minimum Gasteiger partial charge on any atom is -0.493 e. The second kappa shape index (κ2) is 7.31. The van der Waals surface area contributed by atoms with Gasteiger partial charge in [0.2, 0.25) is 5.75 Å². The summed E-state index contributed by atoms with van der Waals surface area (Å²) in [5.41, 5.74) is 1.91. The number of aromatic nitrogens is 1. The number of carbonyl (C=O) groups excluding carboxylic acids is 1. The standard InChI is InChI=1S/C20H18FNO4/c1-24-18-8-13(9-19(25-2)20(18)26-3)17(23)7-4-12-11-22-16-6-5-14(21)10-15(12)16/h4-11,22H,1-3H3. The monoisotopic (exact) mass is 355 g/mol. The molecule has 1 heterocycles. The van der Waals surface area contributed by atoms with Gasteiger partial charge in [-0.15, -0.1) is 0 Å². The Kier molecular flexibility index (Phi) is 4.93. The third-order valence-electron chi connectivity index (χ3n) is 4.04. The third kappa shape index (κ3) is 3.26. The lowest BCUT2D eigenvalue weighted by molar-refractivity contribution is 0.104. The SMILES string of the molecule is COc1cc(C(=O)C=Cc2c[nH]c3ccc(F)cc23)cc(OC)c1OC. The molecule has 1 aromatic heterocycles. The molecule has 0 fully saturated rings. The highest BCUT2D eigenvalue weighted by molar-refractivity contribution is 6.08. The van der Waals surface area contributed by atoms with E-state index in [-0.39, 0.29) is 11.6 Å². The van der Waals surface area contributed by atoms with Gasteiger partial charge in [0.25, 0.3) is 0 Å². The molecule has 0 amide bonds. The molecule has 1 N–H and O–H groups in total. The van der Waals surface area contributed by atoms with Crippen LogP contribution in [0.15, 0.2) is 42.6 Å². The Labute approximate surface area is 150 Å². The highest BCUT2D eigenvalue weighted by Gasteiger charge is 2.15. The molecule has 0 atom stereocenters. The van der Waals surface area contributed by atoms with Crippen LogP contribution in [0.1, 0.15) is 15.9 Å². The number of ketones is 1. The number of halogens is 1. The van der Waals surface area contributed by atoms with Crippen molar-refractivity contribution < 1.29 is 23.4 Å². The highest BCUT2D eigenvalue weighted by Crippen LogP contribution is 2.38. The first-order valence-corrected chi connectivity index (χ1v) is 7.86. The van der Waals surface area contributed by atoms with Crippen LogP contribution in [0.4, 0.5) is 4.39 Å². The number of ether oxygens (including phenoxy) is 3. The molecule has 0 spiro atoms. The molecule has 3 rings (SSSR count). The van der Waals surface area contributed by atoms with Gasteiger partial charge in [-0.2, -0.15) is 0 Å². The van der Waals surface area contributed by atoms with Crippen LogP contribution < -0.4 is 14.2 Å². The average Bonchev–Trinajstić information content (AvgIpc) is 3.06. The molecule has 6 heteroatoms. The number of fused-ring (bicyclic) bond motifs is 1. The van der Waals surface area contributed by atoms with Crippen LogP contribution in [-0.4, -0.2) is 32.1 Å². The second-order valence-electron chi connectivity index (χ2n) is 5.55. The first-order chi connectivity index (χ1) is 12.6. The number of nitrogens with one attached hydrogen (secondary N) is 1. The Bertz CT molecular complexity index is 966. The minimum atomic E-state index is -0.331. The van der Waals surface area contributed by atoms with Crippen molar-refractivity contribution >= 4 is 22.8 Å². The summed E-state index contributed by atoms with van der Waals surface area (Å²) >= 11 is 0. The first kappa shape index (κ1) is 17.5. The smallest absolute Gasteiger partial charge is 0.203 e. The fraction of sp³-hybridized carbons (Fsp3) is 0.150. The van der Waals surface area contributed by atoms with Crippen molar-refractivity contribution in [3.8, 4) is 17.2 Å². The van der Waals surface area contributed by atoms with Gasteiger partial charge in [0.05, 0.1) is 21.3 Å². The number of hydrogen-bond acceptors (Lipinski definition) is 4. The van der Waals surface area contributed by atoms with E-state index in [2.05, 4.69) is 4.98 Å². The number of aromatic amines is 1. The molecule has 0 aliphatic heterocycles. The summed E-state index contributed by atoms with van der Waals surface area (Å²) in [4.78, 5) is 15.6. The number of hydrogen-bond donors (Lipinski definition) is 1. The van der Waals surface area contributed by atoms with Gasteiger partial charge in [-0.25, -0.2) is 4.39 Å². The first-order valence-electron chi connectivity index (χ1n) is 7.86. The zero-order chi connectivity index (χ0) is 18.7. The van der Waals surface area contributed by atoms with Gasteiger partial charge in [0.15, 0.2) is 17.3 Å². The number of allylic oxidation sites excluding steroid dienone is 1. The molecule has 3 aromatic rings. The van der Waals surface area contributed by atoms with Crippen LogP contribution in [0.2, 0.25) is 0 Å². The normalized spacial score (nSPS) is 11.1. The van der Waals surface area contributed by atoms with E-state index in [4.69, 9.17) is 14.2 Å². The Balaban J connectivity index is 1.94. The second-order valence-corrected chi connectivity index (χ2v) is 5.55. The van der Waals surface area contributed by atoms with Crippen molar-refractivity contribution in [3.63, 3.8) is 0 Å². The summed E-state index contributed by atoms with van der Waals surface area (Å²) in [6.07, 6.45) is 4.79. The van der Waals surface area contributed by atoms with E-state index >= 15 is 0 Å². The van der Waals surface area contributed by atoms with E-state index in [1.165, 1.54) is 39.5 Å². The molecule has 0 bridgehead atoms. The lowest BCUT2D eigenvalue weighted by Gasteiger charge is -2.13. The lowest BCUT2D eigenvalue weighted by atomic mass is 10.1. The average molecular weight is 355 g/mol. The summed E-state index contributed by atoms with van der Waals surface area (Å²) in [7, 11) is 4.47. The summed E-state index contributed by atoms with van der Waals surface area (Å²) < 4.78 is 29.2. The molecule has 0 aliphatic carbocycles. The number of benzene rings is 2. The van der Waals surface area contributed by atoms with Crippen molar-refractivity contribution in [2.75, 3.05) is 21.3 Å². The highest BCUT2D eigenvalue weighted by atomic mass is 19.1. The number of H-pyrrole nitrogens is 1. The predicted octanol–water partition coefficient (Wildman–Crippen LogP) is 4.23. The van der Waals surface area contributed by atoms with E-state index < -0.39 is 0 Å². The molecule has 0 saturated carbocycles. The van der Waals surface area contributed by atoms with Crippen LogP contribution in [0.5, 0.6) is 17.2 Å². The van der Waals surface area contributed by atoms with Crippen LogP contribution >= 0.6 is 0 Å². The molecular formula is C20H18FNO4. The van der Waals surface area contributed by atoms with Gasteiger partial charge in [-0.3, -0.25) is 4.79 Å². The lowest BCUT2D eigenvalue weighted by Crippen LogP contribution is -2.00. The Morgan fingerprint density at radius 1 is 1.04 bits per heavy atom. The third-order valence-corrected chi connectivity index (χ3v) is 4.04. The van der Waals surface area contributed by atoms with E-state index in [0.717, 1.165) is 11.1 Å². The maximum absolute atomic E-state index is 13.5. The zero-order valence-electron chi connectivity index (χ0n) is 14.6. The fourth-order valence-electron chi connectivity index (χ4n) is 2.74. The van der Waals surface area contributed by atoms with Gasteiger partial charge >= 0.3 is 0 Å². The molecule has 26 heavy (non-hydrogen) atoms. The van der Waals surface area contributed by atoms with E-state index in [0.29, 0.717) is 28.2 Å². The Hall–Kier alpha value is -3.28. The van der Waals surface area contributed by atoms with E-state index in [1.807, 2.05) is 0 Å². The Morgan fingerprint density at radius 2 is 1.73 bits per heavy atom. The summed E-state index contributed by atoms with van der Waals surface area (Å²) in [6.45, 7) is 0. The molecule has 134 valence electrons. The predicted molar refractivity (Wildman–Crippen MR) is 97.7 cm³/mol. The number of methoxy groups -OCH3 is 3. The molecule has 0 unspecified atom stereocenters. The van der Waals surface area contributed by atoms with E-state index in [9.17, 15) is 9.18 Å². The van der Waals surface area contributed by atoms with Crippen LogP contribution in [-0.2, 0) is 0 Å². The van der Waals surface area contributed by atoms with Crippen LogP contribution in [0, 0.1) is 5.82 Å². The van der Waals surface area contributed by atoms with Crippen LogP contribution in [0.25, 0.3) is 17.0 Å². The van der Waals surface area contributed by atoms with Crippen LogP contribution in [0.3, 0.4) is 0 Å². The molecule has 2 aromatic carbocycles. The van der Waals surface area contributed by atoms with Gasteiger partial charge in [-0.1, -0.05) is 0 Å². The van der Waals surface area contributed by atoms with Gasteiger partial charge in [0, 0.05) is 22.7 Å². The molecule has 5 nitrogen and oxygen atoms in total. The van der Waals surface area contributed by atoms with E-state index in [1.54, 1.807) is 30.5 Å². The van der Waals surface area contributed by atoms with Gasteiger partial charge in [-0.05, 0) is 48.0 Å². The summed E-state index contributed by atoms with van der Waals surface area (Å²) in [5.74, 6) is 0.649. The maximum atomic E-state index is 13.5. The molecule has 0 radical (unpaired) electrons. The number of carbonyl (C=O) groups is 1. The minimum absolute atomic E-state index is 0.241. The van der Waals surface area contributed by atoms with Crippen molar-refractivity contribution in [2.24, 2.45) is 0 Å². The quantitative estimate of drug-likeness (QED) is 0.531. The number of rotatable bonds is 6. The van der Waals surface area contributed by atoms with Crippen molar-refractivity contribution in [2.45, 2.75) is 0 Å². The van der Waals surface area contributed by atoms with Crippen molar-refractivity contribution in [1.29, 1.82) is 0 Å². The zero-order valence-corrected chi connectivity index (χ0v) is 14.6. The van der Waals surface area contributed by atoms with Gasteiger partial charge in [0.1, 0.15) is 5.82 Å². The van der Waals surface area contributed by atoms with Gasteiger partial charge < -0.3 is 19.2 Å².